The first kappa shape index (κ1) is 11.5. The zero-order valence-corrected chi connectivity index (χ0v) is 10.7. The smallest absolute Gasteiger partial charge is 0.330 e. The van der Waals surface area contributed by atoms with Crippen LogP contribution in [0.4, 0.5) is 5.69 Å². The second-order valence-corrected chi connectivity index (χ2v) is 5.17. The Labute approximate surface area is 110 Å². The molecule has 5 heteroatoms. The van der Waals surface area contributed by atoms with Gasteiger partial charge in [0.25, 0.3) is 0 Å². The molecule has 2 atom stereocenters. The summed E-state index contributed by atoms with van der Waals surface area (Å²) < 4.78 is 4.73. The Kier molecular flexibility index (Phi) is 2.55. The zero-order valence-electron chi connectivity index (χ0n) is 9.94. The Morgan fingerprint density at radius 1 is 1.56 bits per heavy atom. The first-order valence-corrected chi connectivity index (χ1v) is 6.24. The highest BCUT2D eigenvalue weighted by molar-refractivity contribution is 6.40. The number of carbonyl (C=O) groups is 1. The van der Waals surface area contributed by atoms with Gasteiger partial charge in [-0.25, -0.2) is 4.79 Å². The summed E-state index contributed by atoms with van der Waals surface area (Å²) in [5.41, 5.74) is 2.01. The minimum atomic E-state index is -0.610. The quantitative estimate of drug-likeness (QED) is 0.625. The summed E-state index contributed by atoms with van der Waals surface area (Å²) in [6.07, 6.45) is 1.28. The number of fused-ring (bicyclic) bond motifs is 3. The molecule has 1 N–H and O–H groups in total. The maximum Gasteiger partial charge on any atom is 0.330 e. The van der Waals surface area contributed by atoms with Gasteiger partial charge in [0.05, 0.1) is 7.11 Å². The van der Waals surface area contributed by atoms with Crippen LogP contribution >= 0.6 is 11.6 Å². The normalized spacial score (nSPS) is 28.8. The highest BCUT2D eigenvalue weighted by Crippen LogP contribution is 2.47. The van der Waals surface area contributed by atoms with Crippen molar-refractivity contribution in [1.29, 1.82) is 0 Å². The number of nitrogens with one attached hydrogen (secondary N) is 1. The molecule has 1 unspecified atom stereocenters. The monoisotopic (exact) mass is 264 g/mol. The lowest BCUT2D eigenvalue weighted by Gasteiger charge is -2.28. The number of hydrogen-bond donors (Lipinski definition) is 1. The molecule has 0 amide bonds. The summed E-state index contributed by atoms with van der Waals surface area (Å²) in [7, 11) is 1.38. The number of benzene rings is 1. The van der Waals surface area contributed by atoms with E-state index in [9.17, 15) is 4.79 Å². The van der Waals surface area contributed by atoms with Gasteiger partial charge in [0, 0.05) is 11.3 Å². The van der Waals surface area contributed by atoms with E-state index in [0.29, 0.717) is 18.7 Å². The molecule has 1 aromatic rings. The number of aliphatic imine (C=N–C) groups is 1. The van der Waals surface area contributed by atoms with Gasteiger partial charge in [-0.1, -0.05) is 18.2 Å². The molecule has 0 aromatic heterocycles. The topological polar surface area (TPSA) is 50.7 Å². The third-order valence-electron chi connectivity index (χ3n) is 3.50. The number of para-hydroxylation sites is 1. The lowest BCUT2D eigenvalue weighted by atomic mass is 9.90. The Hall–Kier alpha value is -1.55. The van der Waals surface area contributed by atoms with E-state index in [-0.39, 0.29) is 5.97 Å². The molecule has 0 radical (unpaired) electrons. The predicted octanol–water partition coefficient (Wildman–Crippen LogP) is 2.28. The van der Waals surface area contributed by atoms with Gasteiger partial charge in [-0.05, 0) is 18.9 Å². The Morgan fingerprint density at radius 3 is 3.11 bits per heavy atom. The number of methoxy groups -OCH3 is 1. The molecule has 2 heterocycles. The maximum atomic E-state index is 11.5. The summed E-state index contributed by atoms with van der Waals surface area (Å²) in [4.78, 5) is 15.3. The minimum absolute atomic E-state index is 0.307. The van der Waals surface area contributed by atoms with E-state index in [1.54, 1.807) is 0 Å². The molecular weight excluding hydrogens is 252 g/mol. The van der Waals surface area contributed by atoms with Gasteiger partial charge in [-0.15, -0.1) is 11.6 Å². The van der Waals surface area contributed by atoms with Gasteiger partial charge in [-0.2, -0.15) is 0 Å². The van der Waals surface area contributed by atoms with Crippen LogP contribution in [0.25, 0.3) is 0 Å². The van der Waals surface area contributed by atoms with Crippen LogP contribution < -0.4 is 5.32 Å². The molecule has 0 bridgehead atoms. The van der Waals surface area contributed by atoms with Crippen LogP contribution in [0.15, 0.2) is 29.3 Å². The number of nitrogens with zero attached hydrogens (tertiary/aromatic N) is 1. The third kappa shape index (κ3) is 1.52. The largest absolute Gasteiger partial charge is 0.467 e. The number of halogens is 1. The third-order valence-corrected chi connectivity index (χ3v) is 4.07. The van der Waals surface area contributed by atoms with Gasteiger partial charge < -0.3 is 10.1 Å². The summed E-state index contributed by atoms with van der Waals surface area (Å²) in [5, 5.41) is 3.20. The molecule has 2 aliphatic rings. The standard InChI is InChI=1S/C13H13ClN2O2/c1-18-11(17)10-6-7-13(14)8-4-2-3-5-9(8)15-12(13)16-10/h2-5,10H,6-7H2,1H3,(H,15,16)/t10?,13-/m0/s1. The average molecular weight is 265 g/mol. The number of esters is 1. The fraction of sp³-hybridized carbons (Fsp3) is 0.385. The fourth-order valence-corrected chi connectivity index (χ4v) is 2.91. The molecule has 0 saturated carbocycles. The highest BCUT2D eigenvalue weighted by Gasteiger charge is 2.46. The van der Waals surface area contributed by atoms with Crippen LogP contribution in [0.1, 0.15) is 18.4 Å². The van der Waals surface area contributed by atoms with Crippen molar-refractivity contribution in [3.63, 3.8) is 0 Å². The summed E-state index contributed by atoms with van der Waals surface area (Å²) in [5.74, 6) is 0.353. The number of hydrogen-bond acceptors (Lipinski definition) is 4. The van der Waals surface area contributed by atoms with E-state index >= 15 is 0 Å². The van der Waals surface area contributed by atoms with Crippen molar-refractivity contribution < 1.29 is 9.53 Å². The van der Waals surface area contributed by atoms with Gasteiger partial charge in [0.15, 0.2) is 0 Å². The highest BCUT2D eigenvalue weighted by atomic mass is 35.5. The molecule has 18 heavy (non-hydrogen) atoms. The van der Waals surface area contributed by atoms with Crippen molar-refractivity contribution in [2.45, 2.75) is 23.8 Å². The van der Waals surface area contributed by atoms with Crippen LogP contribution in [0.5, 0.6) is 0 Å². The first-order valence-electron chi connectivity index (χ1n) is 5.87. The van der Waals surface area contributed by atoms with Gasteiger partial charge in [-0.3, -0.25) is 4.99 Å². The van der Waals surface area contributed by atoms with Crippen molar-refractivity contribution in [3.8, 4) is 0 Å². The van der Waals surface area contributed by atoms with Crippen molar-refractivity contribution in [2.75, 3.05) is 12.4 Å². The number of alkyl halides is 1. The van der Waals surface area contributed by atoms with Crippen molar-refractivity contribution >= 4 is 29.1 Å². The van der Waals surface area contributed by atoms with Gasteiger partial charge >= 0.3 is 5.97 Å². The summed E-state index contributed by atoms with van der Waals surface area (Å²) in [6.45, 7) is 0. The number of carbonyl (C=O) groups excluding carboxylic acids is 1. The predicted molar refractivity (Wildman–Crippen MR) is 70.1 cm³/mol. The number of rotatable bonds is 1. The summed E-state index contributed by atoms with van der Waals surface area (Å²) in [6, 6.07) is 7.42. The van der Waals surface area contributed by atoms with E-state index < -0.39 is 10.9 Å². The second kappa shape index (κ2) is 3.99. The van der Waals surface area contributed by atoms with Crippen LogP contribution in [-0.4, -0.2) is 25.0 Å². The SMILES string of the molecule is COC(=O)C1CC[C@@]2(Cl)C(=N1)Nc1ccccc12. The molecule has 0 spiro atoms. The van der Waals surface area contributed by atoms with Crippen LogP contribution in [0, 0.1) is 0 Å². The van der Waals surface area contributed by atoms with Gasteiger partial charge in [0.1, 0.15) is 16.8 Å². The molecular formula is C13H13ClN2O2. The maximum absolute atomic E-state index is 11.5. The molecule has 94 valence electrons. The van der Waals surface area contributed by atoms with Crippen molar-refractivity contribution in [1.82, 2.24) is 0 Å². The van der Waals surface area contributed by atoms with Crippen LogP contribution in [0.3, 0.4) is 0 Å². The number of amidine groups is 1. The van der Waals surface area contributed by atoms with E-state index in [2.05, 4.69) is 10.3 Å². The van der Waals surface area contributed by atoms with E-state index in [4.69, 9.17) is 16.3 Å². The fourth-order valence-electron chi connectivity index (χ4n) is 2.54. The minimum Gasteiger partial charge on any atom is -0.467 e. The molecule has 0 saturated heterocycles. The Morgan fingerprint density at radius 2 is 2.33 bits per heavy atom. The Balaban J connectivity index is 2.01. The molecule has 4 nitrogen and oxygen atoms in total. The molecule has 3 rings (SSSR count). The van der Waals surface area contributed by atoms with E-state index in [1.165, 1.54) is 7.11 Å². The van der Waals surface area contributed by atoms with E-state index in [0.717, 1.165) is 11.3 Å². The summed E-state index contributed by atoms with van der Waals surface area (Å²) >= 11 is 6.67. The molecule has 0 aliphatic carbocycles. The molecule has 0 fully saturated rings. The van der Waals surface area contributed by atoms with Crippen LogP contribution in [-0.2, 0) is 14.4 Å². The zero-order chi connectivity index (χ0) is 12.8. The molecule has 2 aliphatic heterocycles. The number of ether oxygens (including phenoxy) is 1. The van der Waals surface area contributed by atoms with Crippen molar-refractivity contribution in [3.05, 3.63) is 29.8 Å². The lowest BCUT2D eigenvalue weighted by molar-refractivity contribution is -0.142. The Bertz CT molecular complexity index is 544. The van der Waals surface area contributed by atoms with Crippen molar-refractivity contribution in [2.24, 2.45) is 4.99 Å². The molecule has 1 aromatic carbocycles. The van der Waals surface area contributed by atoms with E-state index in [1.807, 2.05) is 24.3 Å². The lowest BCUT2D eigenvalue weighted by Crippen LogP contribution is -2.38. The second-order valence-electron chi connectivity index (χ2n) is 4.53. The first-order chi connectivity index (χ1) is 8.65. The number of anilines is 1. The average Bonchev–Trinajstić information content (AvgIpc) is 2.70. The van der Waals surface area contributed by atoms with Crippen LogP contribution in [0.2, 0.25) is 0 Å². The van der Waals surface area contributed by atoms with Gasteiger partial charge in [0.2, 0.25) is 0 Å².